The molecule has 0 bridgehead atoms. The number of anilines is 1. The number of aromatic carboxylic acids is 1. The van der Waals surface area contributed by atoms with Crippen LogP contribution in [0.25, 0.3) is 0 Å². The molecule has 0 radical (unpaired) electrons. The third kappa shape index (κ3) is 2.25. The summed E-state index contributed by atoms with van der Waals surface area (Å²) in [5, 5.41) is 18.4. The van der Waals surface area contributed by atoms with Crippen LogP contribution in [-0.2, 0) is 0 Å². The van der Waals surface area contributed by atoms with Gasteiger partial charge < -0.3 is 19.5 Å². The maximum atomic E-state index is 11.4. The molecule has 0 unspecified atom stereocenters. The molecule has 0 aromatic carbocycles. The number of nitrogens with zero attached hydrogens (tertiary/aromatic N) is 1. The minimum atomic E-state index is -1.32. The Kier molecular flexibility index (Phi) is 3.03. The van der Waals surface area contributed by atoms with Crippen LogP contribution in [0.1, 0.15) is 29.8 Å². The van der Waals surface area contributed by atoms with Crippen molar-refractivity contribution in [1.82, 2.24) is 0 Å². The summed E-state index contributed by atoms with van der Waals surface area (Å²) in [6, 6.07) is 0.783. The van der Waals surface area contributed by atoms with Crippen molar-refractivity contribution in [1.29, 1.82) is 0 Å². The van der Waals surface area contributed by atoms with Gasteiger partial charge in [-0.25, -0.2) is 4.79 Å². The van der Waals surface area contributed by atoms with Crippen molar-refractivity contribution in [3.05, 3.63) is 22.0 Å². The van der Waals surface area contributed by atoms with Crippen molar-refractivity contribution in [2.75, 3.05) is 18.0 Å². The van der Waals surface area contributed by atoms with Gasteiger partial charge in [-0.05, 0) is 19.3 Å². The fourth-order valence-corrected chi connectivity index (χ4v) is 1.89. The number of carboxylic acid groups (broad SMARTS) is 1. The lowest BCUT2D eigenvalue weighted by atomic mass is 10.1. The Morgan fingerprint density at radius 3 is 2.53 bits per heavy atom. The number of hydrogen-bond acceptors (Lipinski definition) is 5. The maximum absolute atomic E-state index is 11.4. The number of aromatic hydroxyl groups is 1. The Labute approximate surface area is 97.1 Å². The summed E-state index contributed by atoms with van der Waals surface area (Å²) < 4.78 is 5.07. The molecule has 2 rings (SSSR count). The topological polar surface area (TPSA) is 91.0 Å². The van der Waals surface area contributed by atoms with Crippen molar-refractivity contribution in [3.8, 4) is 5.75 Å². The fraction of sp³-hybridized carbons (Fsp3) is 0.455. The van der Waals surface area contributed by atoms with E-state index in [0.717, 1.165) is 25.3 Å². The first kappa shape index (κ1) is 11.5. The number of piperidine rings is 1. The van der Waals surface area contributed by atoms with Gasteiger partial charge in [0, 0.05) is 19.2 Å². The molecule has 2 N–H and O–H groups in total. The molecule has 1 aromatic rings. The molecule has 2 heterocycles. The smallest absolute Gasteiger partial charge is 0.372 e. The van der Waals surface area contributed by atoms with Crippen molar-refractivity contribution in [2.24, 2.45) is 0 Å². The van der Waals surface area contributed by atoms with E-state index >= 15 is 0 Å². The number of carboxylic acids is 1. The second-order valence-electron chi connectivity index (χ2n) is 3.98. The zero-order valence-corrected chi connectivity index (χ0v) is 9.18. The van der Waals surface area contributed by atoms with Gasteiger partial charge in [-0.1, -0.05) is 0 Å². The average Bonchev–Trinajstić information content (AvgIpc) is 2.33. The van der Waals surface area contributed by atoms with Gasteiger partial charge in [-0.15, -0.1) is 0 Å². The third-order valence-electron chi connectivity index (χ3n) is 2.76. The van der Waals surface area contributed by atoms with Crippen molar-refractivity contribution in [2.45, 2.75) is 19.3 Å². The fourth-order valence-electron chi connectivity index (χ4n) is 1.89. The van der Waals surface area contributed by atoms with Gasteiger partial charge in [0.15, 0.2) is 0 Å². The van der Waals surface area contributed by atoms with Gasteiger partial charge in [0.2, 0.25) is 22.8 Å². The monoisotopic (exact) mass is 239 g/mol. The number of rotatable bonds is 2. The quantitative estimate of drug-likeness (QED) is 0.801. The van der Waals surface area contributed by atoms with Gasteiger partial charge in [-0.3, -0.25) is 4.79 Å². The van der Waals surface area contributed by atoms with Crippen molar-refractivity contribution < 1.29 is 19.4 Å². The first-order valence-corrected chi connectivity index (χ1v) is 5.45. The molecule has 1 aliphatic heterocycles. The third-order valence-corrected chi connectivity index (χ3v) is 2.76. The second-order valence-corrected chi connectivity index (χ2v) is 3.98. The Morgan fingerprint density at radius 1 is 1.29 bits per heavy atom. The summed E-state index contributed by atoms with van der Waals surface area (Å²) in [5.41, 5.74) is -0.728. The molecule has 0 spiro atoms. The summed E-state index contributed by atoms with van der Waals surface area (Å²) in [6.45, 7) is 1.30. The van der Waals surface area contributed by atoms with E-state index in [-0.39, 0.29) is 5.88 Å². The summed E-state index contributed by atoms with van der Waals surface area (Å²) in [4.78, 5) is 23.9. The van der Waals surface area contributed by atoms with Gasteiger partial charge in [0.25, 0.3) is 0 Å². The molecule has 0 atom stereocenters. The lowest BCUT2D eigenvalue weighted by Crippen LogP contribution is -2.30. The van der Waals surface area contributed by atoms with E-state index in [2.05, 4.69) is 0 Å². The highest BCUT2D eigenvalue weighted by molar-refractivity contribution is 5.84. The van der Waals surface area contributed by atoms with Crippen LogP contribution < -0.4 is 10.3 Å². The Morgan fingerprint density at radius 2 is 1.94 bits per heavy atom. The molecular weight excluding hydrogens is 226 g/mol. The van der Waals surface area contributed by atoms with Crippen LogP contribution in [0.2, 0.25) is 0 Å². The summed E-state index contributed by atoms with van der Waals surface area (Å²) in [5.74, 6) is -2.32. The predicted molar refractivity (Wildman–Crippen MR) is 59.7 cm³/mol. The van der Waals surface area contributed by atoms with Gasteiger partial charge in [-0.2, -0.15) is 0 Å². The molecule has 1 aliphatic rings. The minimum Gasteiger partial charge on any atom is -0.500 e. The predicted octanol–water partition coefficient (Wildman–Crippen LogP) is 1.03. The second kappa shape index (κ2) is 4.48. The molecule has 17 heavy (non-hydrogen) atoms. The number of hydrogen-bond donors (Lipinski definition) is 2. The lowest BCUT2D eigenvalue weighted by molar-refractivity contribution is 0.0659. The summed E-state index contributed by atoms with van der Waals surface area (Å²) in [6.07, 6.45) is 2.95. The molecule has 0 amide bonds. The Hall–Kier alpha value is -1.98. The van der Waals surface area contributed by atoms with Crippen LogP contribution in [0.4, 0.5) is 5.88 Å². The van der Waals surface area contributed by atoms with Crippen LogP contribution >= 0.6 is 0 Å². The van der Waals surface area contributed by atoms with Crippen LogP contribution in [0.15, 0.2) is 15.3 Å². The van der Waals surface area contributed by atoms with E-state index in [1.54, 1.807) is 4.90 Å². The van der Waals surface area contributed by atoms with E-state index in [4.69, 9.17) is 9.52 Å². The average molecular weight is 239 g/mol. The summed E-state index contributed by atoms with van der Waals surface area (Å²) >= 11 is 0. The van der Waals surface area contributed by atoms with E-state index in [1.807, 2.05) is 0 Å². The minimum absolute atomic E-state index is 0.0328. The van der Waals surface area contributed by atoms with E-state index in [0.29, 0.717) is 13.1 Å². The highest BCUT2D eigenvalue weighted by atomic mass is 16.4. The van der Waals surface area contributed by atoms with Crippen LogP contribution in [0.3, 0.4) is 0 Å². The largest absolute Gasteiger partial charge is 0.500 e. The van der Waals surface area contributed by atoms with Crippen molar-refractivity contribution in [3.63, 3.8) is 0 Å². The normalized spacial score (nSPS) is 15.9. The van der Waals surface area contributed by atoms with E-state index < -0.39 is 22.9 Å². The molecule has 6 heteroatoms. The van der Waals surface area contributed by atoms with Crippen LogP contribution in [0, 0.1) is 0 Å². The van der Waals surface area contributed by atoms with Gasteiger partial charge >= 0.3 is 5.97 Å². The molecule has 92 valence electrons. The number of carbonyl (C=O) groups is 1. The van der Waals surface area contributed by atoms with Crippen LogP contribution in [0.5, 0.6) is 5.75 Å². The Balaban J connectivity index is 2.44. The Bertz CT molecular complexity index is 487. The van der Waals surface area contributed by atoms with Gasteiger partial charge in [0.1, 0.15) is 0 Å². The zero-order chi connectivity index (χ0) is 12.4. The zero-order valence-electron chi connectivity index (χ0n) is 9.18. The lowest BCUT2D eigenvalue weighted by Gasteiger charge is -2.27. The molecule has 0 aliphatic carbocycles. The highest BCUT2D eigenvalue weighted by Gasteiger charge is 2.21. The van der Waals surface area contributed by atoms with Gasteiger partial charge in [0.05, 0.1) is 0 Å². The first-order chi connectivity index (χ1) is 8.09. The van der Waals surface area contributed by atoms with E-state index in [1.165, 1.54) is 0 Å². The first-order valence-electron chi connectivity index (χ1n) is 5.45. The van der Waals surface area contributed by atoms with Crippen molar-refractivity contribution >= 4 is 11.9 Å². The highest BCUT2D eigenvalue weighted by Crippen LogP contribution is 2.27. The van der Waals surface area contributed by atoms with E-state index in [9.17, 15) is 14.7 Å². The molecule has 1 fully saturated rings. The molecular formula is C11H13NO5. The maximum Gasteiger partial charge on any atom is 0.372 e. The van der Waals surface area contributed by atoms with Crippen LogP contribution in [-0.4, -0.2) is 29.3 Å². The molecule has 1 aromatic heterocycles. The standard InChI is InChI=1S/C11H13NO5/c13-7-6-8(11(15)16)17-10(9(7)14)12-4-2-1-3-5-12/h6,14H,1-5H2,(H,15,16). The molecule has 0 saturated carbocycles. The summed E-state index contributed by atoms with van der Waals surface area (Å²) in [7, 11) is 0. The molecule has 1 saturated heterocycles. The SMILES string of the molecule is O=C(O)c1cc(=O)c(O)c(N2CCCCC2)o1. The molecule has 6 nitrogen and oxygen atoms in total.